The second-order valence-corrected chi connectivity index (χ2v) is 5.54. The van der Waals surface area contributed by atoms with Gasteiger partial charge in [-0.05, 0) is 12.5 Å². The largest absolute Gasteiger partial charge is 0.493 e. The molecule has 0 saturated carbocycles. The number of hydrogen-bond donors (Lipinski definition) is 1. The maximum atomic E-state index is 5.98. The van der Waals surface area contributed by atoms with Crippen LogP contribution in [0.2, 0.25) is 0 Å². The molecule has 0 atom stereocenters. The van der Waals surface area contributed by atoms with E-state index in [4.69, 9.17) is 4.74 Å². The standard InChI is InChI=1S/C17H28N2O/c1-2-3-4-7-14-20-17-9-6-5-8-16(17)15-19-12-10-18-11-13-19/h5-6,8-9,18H,2-4,7,10-15H2,1H3. The molecule has 0 unspecified atom stereocenters. The number of nitrogens with one attached hydrogen (secondary N) is 1. The van der Waals surface area contributed by atoms with Gasteiger partial charge in [-0.1, -0.05) is 44.4 Å². The Labute approximate surface area is 123 Å². The SMILES string of the molecule is CCCCCCOc1ccccc1CN1CCNCC1. The molecule has 0 aromatic heterocycles. The number of para-hydroxylation sites is 1. The van der Waals surface area contributed by atoms with Crippen LogP contribution in [0.25, 0.3) is 0 Å². The number of unbranched alkanes of at least 4 members (excludes halogenated alkanes) is 3. The molecule has 1 N–H and O–H groups in total. The minimum absolute atomic E-state index is 0.846. The summed E-state index contributed by atoms with van der Waals surface area (Å²) in [5.41, 5.74) is 1.32. The molecule has 1 aliphatic heterocycles. The van der Waals surface area contributed by atoms with Gasteiger partial charge in [-0.3, -0.25) is 4.90 Å². The van der Waals surface area contributed by atoms with Crippen molar-refractivity contribution in [3.05, 3.63) is 29.8 Å². The average molecular weight is 276 g/mol. The number of hydrogen-bond acceptors (Lipinski definition) is 3. The molecular formula is C17H28N2O. The highest BCUT2D eigenvalue weighted by Crippen LogP contribution is 2.20. The number of piperazine rings is 1. The molecule has 0 spiro atoms. The lowest BCUT2D eigenvalue weighted by Crippen LogP contribution is -2.42. The molecule has 3 heteroatoms. The Morgan fingerprint density at radius 2 is 1.90 bits per heavy atom. The van der Waals surface area contributed by atoms with Crippen LogP contribution in [0.3, 0.4) is 0 Å². The first-order chi connectivity index (χ1) is 9.90. The van der Waals surface area contributed by atoms with E-state index in [1.165, 1.54) is 24.8 Å². The molecule has 0 bridgehead atoms. The van der Waals surface area contributed by atoms with E-state index in [0.717, 1.165) is 51.5 Å². The van der Waals surface area contributed by atoms with Crippen molar-refractivity contribution >= 4 is 0 Å². The molecule has 0 radical (unpaired) electrons. The van der Waals surface area contributed by atoms with E-state index >= 15 is 0 Å². The molecular weight excluding hydrogens is 248 g/mol. The third kappa shape index (κ3) is 5.14. The Morgan fingerprint density at radius 3 is 2.70 bits per heavy atom. The maximum Gasteiger partial charge on any atom is 0.123 e. The molecule has 1 heterocycles. The summed E-state index contributed by atoms with van der Waals surface area (Å²) in [4.78, 5) is 2.50. The fraction of sp³-hybridized carbons (Fsp3) is 0.647. The highest BCUT2D eigenvalue weighted by molar-refractivity contribution is 5.33. The topological polar surface area (TPSA) is 24.5 Å². The van der Waals surface area contributed by atoms with Gasteiger partial charge in [-0.2, -0.15) is 0 Å². The van der Waals surface area contributed by atoms with Crippen molar-refractivity contribution in [3.63, 3.8) is 0 Å². The van der Waals surface area contributed by atoms with Gasteiger partial charge in [0.2, 0.25) is 0 Å². The molecule has 0 amide bonds. The normalized spacial score (nSPS) is 16.2. The second kappa shape index (κ2) is 8.98. The van der Waals surface area contributed by atoms with Crippen molar-refractivity contribution in [2.75, 3.05) is 32.8 Å². The summed E-state index contributed by atoms with van der Waals surface area (Å²) in [6, 6.07) is 8.49. The lowest BCUT2D eigenvalue weighted by atomic mass is 10.1. The van der Waals surface area contributed by atoms with Crippen LogP contribution in [0, 0.1) is 0 Å². The van der Waals surface area contributed by atoms with Gasteiger partial charge in [0.25, 0.3) is 0 Å². The fourth-order valence-corrected chi connectivity index (χ4v) is 2.60. The average Bonchev–Trinajstić information content (AvgIpc) is 2.50. The van der Waals surface area contributed by atoms with Crippen LogP contribution in [0.15, 0.2) is 24.3 Å². The summed E-state index contributed by atoms with van der Waals surface area (Å²) < 4.78 is 5.98. The lowest BCUT2D eigenvalue weighted by molar-refractivity contribution is 0.226. The molecule has 1 aromatic rings. The lowest BCUT2D eigenvalue weighted by Gasteiger charge is -2.27. The zero-order valence-electron chi connectivity index (χ0n) is 12.7. The number of benzene rings is 1. The summed E-state index contributed by atoms with van der Waals surface area (Å²) >= 11 is 0. The van der Waals surface area contributed by atoms with Crippen LogP contribution >= 0.6 is 0 Å². The summed E-state index contributed by atoms with van der Waals surface area (Å²) in [5, 5.41) is 3.40. The molecule has 20 heavy (non-hydrogen) atoms. The van der Waals surface area contributed by atoms with Crippen molar-refractivity contribution in [3.8, 4) is 5.75 Å². The Hall–Kier alpha value is -1.06. The molecule has 0 aliphatic carbocycles. The van der Waals surface area contributed by atoms with Crippen molar-refractivity contribution in [1.82, 2.24) is 10.2 Å². The van der Waals surface area contributed by atoms with Gasteiger partial charge in [0.1, 0.15) is 5.75 Å². The van der Waals surface area contributed by atoms with E-state index in [-0.39, 0.29) is 0 Å². The van der Waals surface area contributed by atoms with Crippen LogP contribution in [-0.2, 0) is 6.54 Å². The third-order valence-electron chi connectivity index (χ3n) is 3.83. The minimum atomic E-state index is 0.846. The van der Waals surface area contributed by atoms with E-state index in [9.17, 15) is 0 Å². The summed E-state index contributed by atoms with van der Waals surface area (Å²) in [6.45, 7) is 8.55. The zero-order chi connectivity index (χ0) is 14.0. The summed E-state index contributed by atoms with van der Waals surface area (Å²) in [7, 11) is 0. The monoisotopic (exact) mass is 276 g/mol. The molecule has 1 aromatic carbocycles. The van der Waals surface area contributed by atoms with Crippen LogP contribution in [-0.4, -0.2) is 37.7 Å². The fourth-order valence-electron chi connectivity index (χ4n) is 2.60. The highest BCUT2D eigenvalue weighted by Gasteiger charge is 2.12. The van der Waals surface area contributed by atoms with E-state index in [2.05, 4.69) is 41.4 Å². The summed E-state index contributed by atoms with van der Waals surface area (Å²) in [5.74, 6) is 1.07. The van der Waals surface area contributed by atoms with Crippen LogP contribution in [0.4, 0.5) is 0 Å². The van der Waals surface area contributed by atoms with Gasteiger partial charge in [0.05, 0.1) is 6.61 Å². The maximum absolute atomic E-state index is 5.98. The van der Waals surface area contributed by atoms with E-state index in [0.29, 0.717) is 0 Å². The van der Waals surface area contributed by atoms with E-state index in [1.807, 2.05) is 0 Å². The summed E-state index contributed by atoms with van der Waals surface area (Å²) in [6.07, 6.45) is 5.03. The van der Waals surface area contributed by atoms with Gasteiger partial charge in [-0.25, -0.2) is 0 Å². The molecule has 2 rings (SSSR count). The van der Waals surface area contributed by atoms with E-state index < -0.39 is 0 Å². The van der Waals surface area contributed by atoms with Gasteiger partial charge in [-0.15, -0.1) is 0 Å². The van der Waals surface area contributed by atoms with Crippen molar-refractivity contribution < 1.29 is 4.74 Å². The number of ether oxygens (including phenoxy) is 1. The molecule has 1 saturated heterocycles. The number of rotatable bonds is 8. The predicted octanol–water partition coefficient (Wildman–Crippen LogP) is 3.05. The Kier molecular flexibility index (Phi) is 6.89. The van der Waals surface area contributed by atoms with Crippen molar-refractivity contribution in [2.45, 2.75) is 39.2 Å². The van der Waals surface area contributed by atoms with Crippen LogP contribution < -0.4 is 10.1 Å². The third-order valence-corrected chi connectivity index (χ3v) is 3.83. The van der Waals surface area contributed by atoms with Gasteiger partial charge in [0.15, 0.2) is 0 Å². The Bertz CT molecular complexity index is 375. The van der Waals surface area contributed by atoms with Crippen LogP contribution in [0.1, 0.15) is 38.2 Å². The van der Waals surface area contributed by atoms with Gasteiger partial charge in [0, 0.05) is 38.3 Å². The highest BCUT2D eigenvalue weighted by atomic mass is 16.5. The van der Waals surface area contributed by atoms with Gasteiger partial charge >= 0.3 is 0 Å². The van der Waals surface area contributed by atoms with Gasteiger partial charge < -0.3 is 10.1 Å². The van der Waals surface area contributed by atoms with Crippen molar-refractivity contribution in [1.29, 1.82) is 0 Å². The second-order valence-electron chi connectivity index (χ2n) is 5.54. The first-order valence-electron chi connectivity index (χ1n) is 8.04. The predicted molar refractivity (Wildman–Crippen MR) is 84.2 cm³/mol. The first kappa shape index (κ1) is 15.3. The van der Waals surface area contributed by atoms with Crippen molar-refractivity contribution in [2.24, 2.45) is 0 Å². The molecule has 1 fully saturated rings. The number of nitrogens with zero attached hydrogens (tertiary/aromatic N) is 1. The van der Waals surface area contributed by atoms with Crippen LogP contribution in [0.5, 0.6) is 5.75 Å². The quantitative estimate of drug-likeness (QED) is 0.739. The molecule has 112 valence electrons. The molecule has 3 nitrogen and oxygen atoms in total. The van der Waals surface area contributed by atoms with E-state index in [1.54, 1.807) is 0 Å². The Morgan fingerprint density at radius 1 is 1.10 bits per heavy atom. The zero-order valence-corrected chi connectivity index (χ0v) is 12.7. The first-order valence-corrected chi connectivity index (χ1v) is 8.04. The smallest absolute Gasteiger partial charge is 0.123 e. The minimum Gasteiger partial charge on any atom is -0.493 e. The Balaban J connectivity index is 1.82. The molecule has 1 aliphatic rings.